The number of phenolic OH excluding ortho intramolecular Hbond substituents is 1. The first-order chi connectivity index (χ1) is 44.9. The number of halogens is 1. The first kappa shape index (κ1) is 74.9. The summed E-state index contributed by atoms with van der Waals surface area (Å²) in [5.74, 6) is -0.0416. The van der Waals surface area contributed by atoms with Crippen LogP contribution in [0.15, 0.2) is 119 Å². The molecule has 522 valence electrons. The van der Waals surface area contributed by atoms with Gasteiger partial charge in [0.05, 0.1) is 104 Å². The van der Waals surface area contributed by atoms with Crippen LogP contribution in [0.2, 0.25) is 18.1 Å². The fourth-order valence-electron chi connectivity index (χ4n) is 11.6. The molecule has 6 fully saturated rings. The molecule has 4 saturated heterocycles. The molecule has 28 heteroatoms. The highest BCUT2D eigenvalue weighted by molar-refractivity contribution is 9.09. The molecule has 10 rings (SSSR count). The summed E-state index contributed by atoms with van der Waals surface area (Å²) in [7, 11) is -9.97. The molecular formula is C66H95BrN4O20S2Si. The van der Waals surface area contributed by atoms with E-state index in [1.54, 1.807) is 6.07 Å². The second-order valence-corrected chi connectivity index (χ2v) is 35.1. The lowest BCUT2D eigenvalue weighted by atomic mass is 10.0. The number of alkyl carbamates (subject to hydrolysis) is 2. The van der Waals surface area contributed by atoms with E-state index in [0.29, 0.717) is 43.9 Å². The number of carbonyl (C=O) groups excluding carboxylic acids is 2. The Kier molecular flexibility index (Phi) is 28.4. The number of alkyl halides is 1. The van der Waals surface area contributed by atoms with Crippen molar-refractivity contribution in [3.63, 3.8) is 0 Å². The van der Waals surface area contributed by atoms with E-state index < -0.39 is 90.1 Å². The quantitative estimate of drug-likeness (QED) is 0.0176. The Balaban J connectivity index is 0.000000208. The van der Waals surface area contributed by atoms with Crippen LogP contribution < -0.4 is 15.4 Å². The number of carbonyl (C=O) groups is 2. The molecule has 6 aliphatic rings. The lowest BCUT2D eigenvalue weighted by Gasteiger charge is -2.35. The third kappa shape index (κ3) is 21.6. The summed E-state index contributed by atoms with van der Waals surface area (Å²) in [6.07, 6.45) is 1.71. The molecule has 0 spiro atoms. The number of hydrogen-bond acceptors (Lipinski definition) is 20. The summed E-state index contributed by atoms with van der Waals surface area (Å²) < 4.78 is 101. The van der Waals surface area contributed by atoms with E-state index in [2.05, 4.69) is 60.4 Å². The maximum absolute atomic E-state index is 13.9. The molecular weight excluding hydrogens is 1340 g/mol. The number of sulfonamides is 2. The zero-order valence-corrected chi connectivity index (χ0v) is 58.5. The van der Waals surface area contributed by atoms with Crippen molar-refractivity contribution in [1.82, 2.24) is 19.6 Å². The number of rotatable bonds is 28. The maximum atomic E-state index is 13.9. The largest absolute Gasteiger partial charge is 0.508 e. The van der Waals surface area contributed by atoms with Crippen molar-refractivity contribution in [3.05, 3.63) is 120 Å². The molecule has 2 unspecified atom stereocenters. The third-order valence-electron chi connectivity index (χ3n) is 17.9. The van der Waals surface area contributed by atoms with Crippen molar-refractivity contribution < 1.29 is 94.1 Å². The van der Waals surface area contributed by atoms with Gasteiger partial charge in [0, 0.05) is 18.0 Å². The number of amides is 2. The van der Waals surface area contributed by atoms with E-state index in [-0.39, 0.29) is 97.2 Å². The summed E-state index contributed by atoms with van der Waals surface area (Å²) >= 11 is 3.37. The third-order valence-corrected chi connectivity index (χ3v) is 26.0. The van der Waals surface area contributed by atoms with Crippen LogP contribution in [0.1, 0.15) is 96.1 Å². The van der Waals surface area contributed by atoms with Crippen molar-refractivity contribution in [2.24, 2.45) is 11.8 Å². The van der Waals surface area contributed by atoms with Gasteiger partial charge in [-0.2, -0.15) is 0 Å². The Morgan fingerprint density at radius 2 is 1.07 bits per heavy atom. The van der Waals surface area contributed by atoms with Gasteiger partial charge >= 0.3 is 12.2 Å². The Morgan fingerprint density at radius 1 is 0.628 bits per heavy atom. The van der Waals surface area contributed by atoms with Crippen molar-refractivity contribution in [2.75, 3.05) is 64.7 Å². The molecule has 24 nitrogen and oxygen atoms in total. The van der Waals surface area contributed by atoms with Gasteiger partial charge in [0.25, 0.3) is 20.0 Å². The van der Waals surface area contributed by atoms with Gasteiger partial charge in [-0.05, 0) is 111 Å². The molecule has 4 aromatic rings. The summed E-state index contributed by atoms with van der Waals surface area (Å²) in [6, 6.07) is 27.9. The van der Waals surface area contributed by atoms with Gasteiger partial charge in [-0.1, -0.05) is 144 Å². The highest BCUT2D eigenvalue weighted by atomic mass is 79.9. The molecule has 10 atom stereocenters. The Labute approximate surface area is 562 Å². The second kappa shape index (κ2) is 35.6. The van der Waals surface area contributed by atoms with Crippen LogP contribution in [-0.4, -0.2) is 193 Å². The molecule has 2 saturated carbocycles. The molecule has 6 N–H and O–H groups in total. The molecule has 4 aromatic carbocycles. The van der Waals surface area contributed by atoms with Crippen molar-refractivity contribution >= 4 is 56.5 Å². The molecule has 0 aromatic heterocycles. The minimum atomic E-state index is -4.26. The topological polar surface area (TPSA) is 306 Å². The number of hydrogen-bond donors (Lipinski definition) is 6. The number of aliphatic hydroxyl groups excluding tert-OH is 3. The van der Waals surface area contributed by atoms with E-state index in [1.807, 2.05) is 60.7 Å². The van der Waals surface area contributed by atoms with Crippen LogP contribution in [-0.2, 0) is 75.4 Å². The first-order valence-corrected chi connectivity index (χ1v) is 39.4. The van der Waals surface area contributed by atoms with Gasteiger partial charge < -0.3 is 68.6 Å². The van der Waals surface area contributed by atoms with Crippen LogP contribution in [0.3, 0.4) is 0 Å². The number of fused-ring (bicyclic) bond motifs is 2. The second-order valence-electron chi connectivity index (χ2n) is 25.8. The highest BCUT2D eigenvalue weighted by Gasteiger charge is 2.46. The average molecular weight is 1440 g/mol. The normalized spacial score (nSPS) is 22.9. The van der Waals surface area contributed by atoms with Crippen LogP contribution >= 0.6 is 15.9 Å². The number of hydroxylamine groups is 2. The number of nitrogens with one attached hydrogen (secondary N) is 2. The molecule has 2 amide bonds. The lowest BCUT2D eigenvalue weighted by Crippen LogP contribution is -2.51. The van der Waals surface area contributed by atoms with Gasteiger partial charge in [-0.3, -0.25) is 9.68 Å². The van der Waals surface area contributed by atoms with Crippen LogP contribution in [0.25, 0.3) is 0 Å². The van der Waals surface area contributed by atoms with Gasteiger partial charge in [0.1, 0.15) is 30.3 Å². The van der Waals surface area contributed by atoms with E-state index in [9.17, 15) is 41.7 Å². The predicted octanol–water partition coefficient (Wildman–Crippen LogP) is 8.50. The van der Waals surface area contributed by atoms with Crippen molar-refractivity contribution in [3.8, 4) is 11.5 Å². The summed E-state index contributed by atoms with van der Waals surface area (Å²) in [4.78, 5) is 37.7. The van der Waals surface area contributed by atoms with Crippen LogP contribution in [0.5, 0.6) is 11.5 Å². The summed E-state index contributed by atoms with van der Waals surface area (Å²) in [5, 5.41) is 48.7. The monoisotopic (exact) mass is 1430 g/mol. The number of ether oxygens (including phenoxy) is 7. The average Bonchev–Trinajstić information content (AvgIpc) is 0.879. The molecule has 2 aliphatic carbocycles. The molecule has 0 bridgehead atoms. The highest BCUT2D eigenvalue weighted by Crippen LogP contribution is 2.38. The van der Waals surface area contributed by atoms with E-state index in [1.165, 1.54) is 36.4 Å². The number of aliphatic hydroxyl groups is 3. The zero-order chi connectivity index (χ0) is 67.5. The molecule has 0 radical (unpaired) electrons. The zero-order valence-electron chi connectivity index (χ0n) is 54.3. The van der Waals surface area contributed by atoms with Crippen molar-refractivity contribution in [1.29, 1.82) is 0 Å². The Morgan fingerprint density at radius 3 is 1.50 bits per heavy atom. The van der Waals surface area contributed by atoms with E-state index in [4.69, 9.17) is 52.4 Å². The lowest BCUT2D eigenvalue weighted by molar-refractivity contribution is -0.145. The van der Waals surface area contributed by atoms with Gasteiger partial charge in [0.2, 0.25) is 0 Å². The molecule has 94 heavy (non-hydrogen) atoms. The smallest absolute Gasteiger partial charge is 0.407 e. The van der Waals surface area contributed by atoms with Gasteiger partial charge in [-0.15, -0.1) is 0 Å². The molecule has 4 heterocycles. The Bertz CT molecular complexity index is 3200. The molecule has 4 aliphatic heterocycles. The number of phenols is 1. The maximum Gasteiger partial charge on any atom is 0.407 e. The fourth-order valence-corrected chi connectivity index (χ4v) is 15.8. The predicted molar refractivity (Wildman–Crippen MR) is 353 cm³/mol. The Hall–Kier alpha value is -4.86. The van der Waals surface area contributed by atoms with E-state index >= 15 is 0 Å². The standard InChI is InChI=1S/C30H40N2O10S.C28H36N2O9S.C8H19BrOSi/c33-14-16-38-23-11-6-12-24(18-23)43(36,37)32(42-22-9-4-5-10-22)19-27(34)26(17-21-7-2-1-3-8-21)31-30(35)41-28-20-40-29-25(28)13-15-39-29;31-20-9-6-12-22(16-20)40(34,35)30(39-21-10-4-5-11-21)17-25(32)24(15-19-7-2-1-3-8-19)29-28(33)38-26-18-37-27-23(26)13-14-36-27;1-8(2,3)11(4,5)10-7-6-9/h1-3,6-8,11-12,18,22,25-29,33-34H,4-5,9-10,13-17,19-20H2,(H,31,35);1-3,6-9,12,16,21,23-27,31-32H,4-5,10-11,13-15,17-18H2,(H,29,33);6-7H2,1-5H3/t25-,26-,27+,28?,29+;23-,24-,25+,26?,27+;/m00./s1. The number of nitrogens with zero attached hydrogens (tertiary/aromatic N) is 2. The van der Waals surface area contributed by atoms with Gasteiger partial charge in [-0.25, -0.2) is 26.4 Å². The van der Waals surface area contributed by atoms with Crippen molar-refractivity contribution in [2.45, 2.75) is 187 Å². The number of aromatic hydroxyl groups is 1. The van der Waals surface area contributed by atoms with E-state index in [0.717, 1.165) is 76.6 Å². The minimum absolute atomic E-state index is 0.00878. The van der Waals surface area contributed by atoms with Gasteiger partial charge in [0.15, 0.2) is 20.9 Å². The SMILES string of the molecule is CC(C)(C)[Si](C)(C)OCCBr.O=C(N[C@@H](Cc1ccccc1)[C@H](O)CN(OC1CCCC1)S(=O)(=O)c1cccc(O)c1)OC1CO[C@H]2OCC[C@@H]12.O=C(N[C@@H](Cc1ccccc1)[C@H](O)CN(OC1CCCC1)S(=O)(=O)c1cccc(OCCO)c1)OC1CO[C@H]2OCC[C@@H]12. The fraction of sp³-hybridized carbons (Fsp3) is 0.606. The summed E-state index contributed by atoms with van der Waals surface area (Å²) in [6.45, 7) is 12.6. The first-order valence-electron chi connectivity index (χ1n) is 32.5. The van der Waals surface area contributed by atoms with Crippen LogP contribution in [0, 0.1) is 11.8 Å². The number of benzene rings is 4. The van der Waals surface area contributed by atoms with Crippen LogP contribution in [0.4, 0.5) is 9.59 Å². The summed E-state index contributed by atoms with van der Waals surface area (Å²) in [5.41, 5.74) is 1.67. The minimum Gasteiger partial charge on any atom is -0.508 e.